The molecule has 1 fully saturated rings. The van der Waals surface area contributed by atoms with Gasteiger partial charge in [-0.05, 0) is 48.5 Å². The number of aldehydes is 1. The first-order valence-electron chi connectivity index (χ1n) is 14.3. The summed E-state index contributed by atoms with van der Waals surface area (Å²) < 4.78 is 31.9. The van der Waals surface area contributed by atoms with E-state index in [4.69, 9.17) is 23.4 Å². The molecular formula is C30H46O7Si. The second-order valence-corrected chi connectivity index (χ2v) is 17.6. The van der Waals surface area contributed by atoms with Crippen LogP contribution in [0.5, 0.6) is 11.5 Å². The Morgan fingerprint density at radius 1 is 1.26 bits per heavy atom. The molecule has 3 aliphatic heterocycles. The summed E-state index contributed by atoms with van der Waals surface area (Å²) in [6.07, 6.45) is 6.86. The summed E-state index contributed by atoms with van der Waals surface area (Å²) in [6, 6.07) is 2.05. The monoisotopic (exact) mass is 546 g/mol. The van der Waals surface area contributed by atoms with Gasteiger partial charge in [-0.2, -0.15) is 0 Å². The molecule has 0 bridgehead atoms. The Kier molecular flexibility index (Phi) is 8.37. The lowest BCUT2D eigenvalue weighted by molar-refractivity contribution is -0.214. The van der Waals surface area contributed by atoms with Crippen molar-refractivity contribution in [2.75, 3.05) is 13.7 Å². The number of esters is 1. The van der Waals surface area contributed by atoms with E-state index < -0.39 is 20.1 Å². The molecule has 0 radical (unpaired) electrons. The topological polar surface area (TPSA) is 80.3 Å². The van der Waals surface area contributed by atoms with Crippen LogP contribution in [-0.2, 0) is 25.4 Å². The van der Waals surface area contributed by atoms with Gasteiger partial charge in [0.15, 0.2) is 0 Å². The number of benzene rings is 1. The van der Waals surface area contributed by atoms with Gasteiger partial charge in [-0.25, -0.2) is 4.79 Å². The molecule has 0 amide bonds. The molecule has 1 aromatic rings. The van der Waals surface area contributed by atoms with E-state index in [0.717, 1.165) is 43.1 Å². The van der Waals surface area contributed by atoms with E-state index >= 15 is 0 Å². The van der Waals surface area contributed by atoms with Gasteiger partial charge in [0.25, 0.3) is 8.32 Å². The van der Waals surface area contributed by atoms with Gasteiger partial charge in [-0.15, -0.1) is 0 Å². The van der Waals surface area contributed by atoms with Crippen molar-refractivity contribution >= 4 is 20.6 Å². The van der Waals surface area contributed by atoms with Crippen LogP contribution in [0.2, 0.25) is 18.1 Å². The fourth-order valence-electron chi connectivity index (χ4n) is 5.79. The summed E-state index contributed by atoms with van der Waals surface area (Å²) in [5, 5.41) is -0.0604. The highest BCUT2D eigenvalue weighted by Gasteiger charge is 2.56. The first-order valence-corrected chi connectivity index (χ1v) is 17.2. The molecule has 5 atom stereocenters. The predicted molar refractivity (Wildman–Crippen MR) is 148 cm³/mol. The molecule has 1 aromatic carbocycles. The van der Waals surface area contributed by atoms with Crippen molar-refractivity contribution in [3.8, 4) is 11.5 Å². The summed E-state index contributed by atoms with van der Waals surface area (Å²) in [7, 11) is -0.914. The Bertz CT molecular complexity index is 1050. The minimum absolute atomic E-state index is 0.0469. The quantitative estimate of drug-likeness (QED) is 0.146. The van der Waals surface area contributed by atoms with Crippen LogP contribution < -0.4 is 9.16 Å². The van der Waals surface area contributed by atoms with Gasteiger partial charge in [-0.3, -0.25) is 0 Å². The summed E-state index contributed by atoms with van der Waals surface area (Å²) in [4.78, 5) is 24.7. The van der Waals surface area contributed by atoms with E-state index in [0.29, 0.717) is 36.5 Å². The minimum Gasteiger partial charge on any atom is -0.543 e. The predicted octanol–water partition coefficient (Wildman–Crippen LogP) is 6.77. The van der Waals surface area contributed by atoms with Gasteiger partial charge in [0, 0.05) is 24.3 Å². The maximum atomic E-state index is 13.4. The van der Waals surface area contributed by atoms with Crippen LogP contribution in [-0.4, -0.2) is 46.2 Å². The first-order chi connectivity index (χ1) is 17.9. The highest BCUT2D eigenvalue weighted by atomic mass is 28.4. The van der Waals surface area contributed by atoms with Crippen LogP contribution in [0.1, 0.15) is 101 Å². The van der Waals surface area contributed by atoms with E-state index in [2.05, 4.69) is 47.7 Å². The molecule has 0 aliphatic carbocycles. The van der Waals surface area contributed by atoms with E-state index in [1.807, 2.05) is 6.07 Å². The third kappa shape index (κ3) is 5.28. The van der Waals surface area contributed by atoms with Crippen LogP contribution in [0.15, 0.2) is 6.07 Å². The number of methoxy groups -OCH3 is 1. The van der Waals surface area contributed by atoms with Crippen LogP contribution in [0.3, 0.4) is 0 Å². The van der Waals surface area contributed by atoms with Crippen molar-refractivity contribution in [1.29, 1.82) is 0 Å². The Labute approximate surface area is 229 Å². The minimum atomic E-state index is -2.30. The number of hydrogen-bond donors (Lipinski definition) is 0. The van der Waals surface area contributed by atoms with Crippen LogP contribution in [0.25, 0.3) is 0 Å². The Hall–Kier alpha value is -1.90. The Morgan fingerprint density at radius 2 is 2.00 bits per heavy atom. The number of hydrogen-bond acceptors (Lipinski definition) is 7. The summed E-state index contributed by atoms with van der Waals surface area (Å²) in [5.74, 6) is -0.490. The smallest absolute Gasteiger partial charge is 0.345 e. The van der Waals surface area contributed by atoms with Gasteiger partial charge in [0.05, 0.1) is 25.9 Å². The second-order valence-electron chi connectivity index (χ2n) is 12.8. The highest BCUT2D eigenvalue weighted by molar-refractivity contribution is 6.74. The molecule has 212 valence electrons. The van der Waals surface area contributed by atoms with Gasteiger partial charge in [0.1, 0.15) is 23.3 Å². The van der Waals surface area contributed by atoms with E-state index in [9.17, 15) is 9.59 Å². The second kappa shape index (κ2) is 10.9. The zero-order valence-electron chi connectivity index (χ0n) is 24.5. The molecule has 38 heavy (non-hydrogen) atoms. The molecule has 0 saturated carbocycles. The molecule has 1 saturated heterocycles. The molecule has 3 aliphatic rings. The molecule has 0 aromatic heterocycles. The number of rotatable bonds is 9. The number of ether oxygens (including phenoxy) is 4. The highest BCUT2D eigenvalue weighted by Crippen LogP contribution is 2.56. The van der Waals surface area contributed by atoms with E-state index in [-0.39, 0.29) is 29.1 Å². The normalized spacial score (nSPS) is 28.5. The molecule has 7 nitrogen and oxygen atoms in total. The lowest BCUT2D eigenvalue weighted by Gasteiger charge is -2.46. The Balaban J connectivity index is 1.86. The number of carbonyl (C=O) groups excluding carboxylic acids is 2. The van der Waals surface area contributed by atoms with E-state index in [1.54, 1.807) is 0 Å². The van der Waals surface area contributed by atoms with Gasteiger partial charge >= 0.3 is 5.97 Å². The molecule has 0 unspecified atom stereocenters. The van der Waals surface area contributed by atoms with Crippen molar-refractivity contribution in [3.05, 3.63) is 22.8 Å². The standard InChI is InChI=1S/C30H46O7Si/c1-9-10-11-12-22-15-21-16-23(37-38(7,8)29(3,4)5)26(28(32)33-6)27-25(21)24(35-22)17-30(36-27)19(2)20(13-14-31)18-34-30/h14,16,19-20,22,24H,9-13,15,17-18H2,1-8H3/t19-,20+,22+,24-,30-/m0/s1. The molecule has 0 N–H and O–H groups in total. The largest absolute Gasteiger partial charge is 0.543 e. The van der Waals surface area contributed by atoms with Crippen LogP contribution in [0.4, 0.5) is 0 Å². The van der Waals surface area contributed by atoms with Gasteiger partial charge < -0.3 is 28.2 Å². The third-order valence-corrected chi connectivity index (χ3v) is 13.6. The average Bonchev–Trinajstić information content (AvgIpc) is 3.12. The zero-order valence-corrected chi connectivity index (χ0v) is 25.5. The molecular weight excluding hydrogens is 500 g/mol. The SMILES string of the molecule is CCCCC[C@@H]1Cc2cc(O[Si](C)(C)C(C)(C)C)c(C(=O)OC)c3c2[C@H](C[C@]2(OC[C@@H](CC=O)[C@@H]2C)O3)O1. The lowest BCUT2D eigenvalue weighted by atomic mass is 9.79. The number of carbonyl (C=O) groups is 2. The number of unbranched alkanes of at least 4 members (excludes halogenated alkanes) is 2. The fraction of sp³-hybridized carbons (Fsp3) is 0.733. The van der Waals surface area contributed by atoms with Crippen molar-refractivity contribution in [2.24, 2.45) is 11.8 Å². The summed E-state index contributed by atoms with van der Waals surface area (Å²) in [6.45, 7) is 15.6. The molecule has 1 spiro atoms. The van der Waals surface area contributed by atoms with Gasteiger partial charge in [0.2, 0.25) is 5.79 Å². The zero-order chi connectivity index (χ0) is 27.9. The fourth-order valence-corrected chi connectivity index (χ4v) is 6.80. The maximum absolute atomic E-state index is 13.4. The maximum Gasteiger partial charge on any atom is 0.345 e. The van der Waals surface area contributed by atoms with Crippen LogP contribution in [0, 0.1) is 11.8 Å². The average molecular weight is 547 g/mol. The molecule has 3 heterocycles. The Morgan fingerprint density at radius 3 is 2.63 bits per heavy atom. The molecule has 4 rings (SSSR count). The van der Waals surface area contributed by atoms with Crippen molar-refractivity contribution in [1.82, 2.24) is 0 Å². The van der Waals surface area contributed by atoms with Crippen molar-refractivity contribution in [3.63, 3.8) is 0 Å². The third-order valence-electron chi connectivity index (χ3n) is 9.27. The van der Waals surface area contributed by atoms with Gasteiger partial charge in [-0.1, -0.05) is 53.9 Å². The van der Waals surface area contributed by atoms with Crippen molar-refractivity contribution < 1.29 is 33.0 Å². The molecule has 8 heteroatoms. The van der Waals surface area contributed by atoms with E-state index in [1.165, 1.54) is 13.5 Å². The summed E-state index contributed by atoms with van der Waals surface area (Å²) in [5.41, 5.74) is 2.34. The van der Waals surface area contributed by atoms with Crippen molar-refractivity contribution in [2.45, 2.75) is 116 Å². The lowest BCUT2D eigenvalue weighted by Crippen LogP contribution is -2.49. The first kappa shape index (κ1) is 29.1. The van der Waals surface area contributed by atoms with Crippen LogP contribution >= 0.6 is 0 Å². The summed E-state index contributed by atoms with van der Waals surface area (Å²) >= 11 is 0.